The Balaban J connectivity index is 2.52. The molecule has 0 aliphatic rings. The molecular formula is C9H7BrClF2N5OS. The highest BCUT2D eigenvalue weighted by Crippen LogP contribution is 2.33. The van der Waals surface area contributed by atoms with E-state index in [2.05, 4.69) is 30.9 Å². The van der Waals surface area contributed by atoms with Crippen molar-refractivity contribution in [2.75, 3.05) is 0 Å². The van der Waals surface area contributed by atoms with E-state index >= 15 is 0 Å². The van der Waals surface area contributed by atoms with E-state index in [9.17, 15) is 8.78 Å². The van der Waals surface area contributed by atoms with Crippen molar-refractivity contribution in [2.45, 2.75) is 6.61 Å². The largest absolute Gasteiger partial charge is 0.415 e. The van der Waals surface area contributed by atoms with Gasteiger partial charge in [-0.15, -0.1) is 5.10 Å². The molecule has 0 aliphatic carbocycles. The lowest BCUT2D eigenvalue weighted by Gasteiger charge is -2.03. The molecule has 0 amide bonds. The van der Waals surface area contributed by atoms with E-state index in [1.165, 1.54) is 17.9 Å². The van der Waals surface area contributed by atoms with Crippen LogP contribution in [0.15, 0.2) is 10.8 Å². The second-order valence-electron chi connectivity index (χ2n) is 3.57. The number of rotatable bonds is 4. The van der Waals surface area contributed by atoms with Crippen molar-refractivity contribution in [2.24, 2.45) is 12.8 Å². The second kappa shape index (κ2) is 5.62. The normalized spacial score (nSPS) is 11.1. The number of hydrogen-bond acceptors (Lipinski definition) is 4. The smallest absolute Gasteiger partial charge is 0.388 e. The Kier molecular flexibility index (Phi) is 4.25. The Labute approximate surface area is 130 Å². The van der Waals surface area contributed by atoms with E-state index < -0.39 is 6.61 Å². The minimum absolute atomic E-state index is 0.105. The van der Waals surface area contributed by atoms with Crippen LogP contribution in [-0.4, -0.2) is 31.2 Å². The van der Waals surface area contributed by atoms with E-state index in [0.29, 0.717) is 10.2 Å². The zero-order valence-corrected chi connectivity index (χ0v) is 13.0. The highest BCUT2D eigenvalue weighted by atomic mass is 79.9. The molecule has 0 atom stereocenters. The molecule has 0 saturated heterocycles. The molecule has 6 nitrogen and oxygen atoms in total. The molecule has 0 saturated carbocycles. The molecule has 0 bridgehead atoms. The van der Waals surface area contributed by atoms with E-state index in [4.69, 9.17) is 29.6 Å². The van der Waals surface area contributed by atoms with Crippen molar-refractivity contribution in [1.29, 1.82) is 0 Å². The zero-order valence-electron chi connectivity index (χ0n) is 9.85. The van der Waals surface area contributed by atoms with Gasteiger partial charge in [-0.2, -0.15) is 13.9 Å². The van der Waals surface area contributed by atoms with E-state index in [1.54, 1.807) is 0 Å². The van der Waals surface area contributed by atoms with Gasteiger partial charge in [0.1, 0.15) is 14.6 Å². The minimum atomic E-state index is -3.01. The average molecular weight is 387 g/mol. The van der Waals surface area contributed by atoms with Gasteiger partial charge in [-0.25, -0.2) is 9.36 Å². The number of nitrogens with two attached hydrogens (primary N) is 1. The Morgan fingerprint density at radius 3 is 2.75 bits per heavy atom. The molecule has 2 heterocycles. The number of thiocarbonyl (C=S) groups is 1. The summed E-state index contributed by atoms with van der Waals surface area (Å²) in [5, 5.41) is 7.87. The number of halogens is 4. The maximum Gasteiger partial charge on any atom is 0.388 e. The summed E-state index contributed by atoms with van der Waals surface area (Å²) in [6.45, 7) is -3.01. The van der Waals surface area contributed by atoms with Crippen molar-refractivity contribution >= 4 is 44.7 Å². The molecule has 0 aliphatic heterocycles. The minimum Gasteiger partial charge on any atom is -0.415 e. The quantitative estimate of drug-likeness (QED) is 0.816. The fourth-order valence-electron chi connectivity index (χ4n) is 1.46. The van der Waals surface area contributed by atoms with Crippen molar-refractivity contribution < 1.29 is 13.5 Å². The lowest BCUT2D eigenvalue weighted by Crippen LogP contribution is -2.09. The van der Waals surface area contributed by atoms with Crippen LogP contribution in [0.3, 0.4) is 0 Å². The van der Waals surface area contributed by atoms with Gasteiger partial charge in [-0.1, -0.05) is 23.8 Å². The molecule has 2 aromatic rings. The first-order chi connectivity index (χ1) is 9.32. The summed E-state index contributed by atoms with van der Waals surface area (Å²) in [7, 11) is 1.42. The summed E-state index contributed by atoms with van der Waals surface area (Å²) < 4.78 is 31.7. The molecule has 2 aromatic heterocycles. The summed E-state index contributed by atoms with van der Waals surface area (Å²) in [5.74, 6) is -0.157. The number of aromatic nitrogens is 4. The fourth-order valence-corrected chi connectivity index (χ4v) is 2.60. The molecule has 0 spiro atoms. The number of aryl methyl sites for hydroxylation is 1. The molecule has 0 unspecified atom stereocenters. The maximum absolute atomic E-state index is 12.3. The first-order valence-corrected chi connectivity index (χ1v) is 6.61. The van der Waals surface area contributed by atoms with Crippen molar-refractivity contribution in [3.8, 4) is 11.7 Å². The summed E-state index contributed by atoms with van der Waals surface area (Å²) in [6, 6.07) is 0. The van der Waals surface area contributed by atoms with E-state index in [0.717, 1.165) is 4.68 Å². The zero-order chi connectivity index (χ0) is 15.0. The first-order valence-electron chi connectivity index (χ1n) is 5.04. The van der Waals surface area contributed by atoms with Crippen LogP contribution in [0.25, 0.3) is 5.82 Å². The number of alkyl halides is 2. The molecule has 11 heteroatoms. The molecule has 2 N–H and O–H groups in total. The summed E-state index contributed by atoms with van der Waals surface area (Å²) in [4.78, 5) is 0.124. The van der Waals surface area contributed by atoms with Crippen LogP contribution in [0, 0.1) is 0 Å². The third kappa shape index (κ3) is 2.63. The van der Waals surface area contributed by atoms with Crippen LogP contribution in [0.1, 0.15) is 5.56 Å². The molecular weight excluding hydrogens is 380 g/mol. The van der Waals surface area contributed by atoms with Crippen LogP contribution >= 0.6 is 39.7 Å². The van der Waals surface area contributed by atoms with Gasteiger partial charge in [-0.3, -0.25) is 0 Å². The number of hydrogen-bond donors (Lipinski definition) is 1. The Morgan fingerprint density at radius 2 is 2.25 bits per heavy atom. The van der Waals surface area contributed by atoms with Gasteiger partial charge >= 0.3 is 6.61 Å². The topological polar surface area (TPSA) is 70.9 Å². The Bertz CT molecular complexity index is 674. The van der Waals surface area contributed by atoms with Crippen LogP contribution in [-0.2, 0) is 7.05 Å². The van der Waals surface area contributed by atoms with Gasteiger partial charge in [0.2, 0.25) is 5.88 Å². The third-order valence-electron chi connectivity index (χ3n) is 2.30. The predicted molar refractivity (Wildman–Crippen MR) is 75.6 cm³/mol. The number of nitrogens with zero attached hydrogens (tertiary/aromatic N) is 4. The highest BCUT2D eigenvalue weighted by Gasteiger charge is 2.23. The van der Waals surface area contributed by atoms with Crippen LogP contribution in [0.2, 0.25) is 5.02 Å². The maximum atomic E-state index is 12.3. The molecule has 2 rings (SSSR count). The lowest BCUT2D eigenvalue weighted by atomic mass is 10.4. The summed E-state index contributed by atoms with van der Waals surface area (Å²) in [5.41, 5.74) is 5.98. The first kappa shape index (κ1) is 15.1. The summed E-state index contributed by atoms with van der Waals surface area (Å²) >= 11 is 14.1. The van der Waals surface area contributed by atoms with Crippen molar-refractivity contribution in [3.63, 3.8) is 0 Å². The van der Waals surface area contributed by atoms with Crippen LogP contribution in [0.4, 0.5) is 8.78 Å². The van der Waals surface area contributed by atoms with E-state index in [1.807, 2.05) is 0 Å². The van der Waals surface area contributed by atoms with Crippen LogP contribution < -0.4 is 10.5 Å². The van der Waals surface area contributed by atoms with Crippen molar-refractivity contribution in [3.05, 3.63) is 21.4 Å². The molecule has 0 aromatic carbocycles. The highest BCUT2D eigenvalue weighted by molar-refractivity contribution is 9.10. The van der Waals surface area contributed by atoms with Gasteiger partial charge in [0, 0.05) is 7.05 Å². The average Bonchev–Trinajstić information content (AvgIpc) is 2.84. The standard InChI is InChI=1S/C9H7BrClF2N5OS/c1-17-8(19-9(12)13)4(11)7(16-17)18-5(10)3(2-15-18)6(14)20/h2,9H,1H3,(H2,14,20). The molecule has 108 valence electrons. The van der Waals surface area contributed by atoms with Gasteiger partial charge in [-0.05, 0) is 15.9 Å². The molecule has 20 heavy (non-hydrogen) atoms. The van der Waals surface area contributed by atoms with Gasteiger partial charge in [0.25, 0.3) is 0 Å². The van der Waals surface area contributed by atoms with Crippen molar-refractivity contribution in [1.82, 2.24) is 19.6 Å². The van der Waals surface area contributed by atoms with Gasteiger partial charge in [0.05, 0.1) is 11.8 Å². The van der Waals surface area contributed by atoms with Gasteiger partial charge in [0.15, 0.2) is 5.82 Å². The third-order valence-corrected chi connectivity index (χ3v) is 3.61. The van der Waals surface area contributed by atoms with E-state index in [-0.39, 0.29) is 21.7 Å². The van der Waals surface area contributed by atoms with Gasteiger partial charge < -0.3 is 10.5 Å². The van der Waals surface area contributed by atoms with Crippen LogP contribution in [0.5, 0.6) is 5.88 Å². The SMILES string of the molecule is Cn1nc(-n2ncc(C(N)=S)c2Br)c(Cl)c1OC(F)F. The second-order valence-corrected chi connectivity index (χ2v) is 5.14. The monoisotopic (exact) mass is 385 g/mol. The fraction of sp³-hybridized carbons (Fsp3) is 0.222. The Hall–Kier alpha value is -1.26. The number of ether oxygens (including phenoxy) is 1. The predicted octanol–water partition coefficient (Wildman–Crippen LogP) is 2.26. The molecule has 0 radical (unpaired) electrons. The summed E-state index contributed by atoms with van der Waals surface area (Å²) in [6.07, 6.45) is 1.41. The Morgan fingerprint density at radius 1 is 1.60 bits per heavy atom. The molecule has 0 fully saturated rings. The lowest BCUT2D eigenvalue weighted by molar-refractivity contribution is -0.0552.